The molecular formula is C24H34N2O6. The van der Waals surface area contributed by atoms with Gasteiger partial charge in [0.2, 0.25) is 0 Å². The van der Waals surface area contributed by atoms with Gasteiger partial charge in [0.15, 0.2) is 0 Å². The van der Waals surface area contributed by atoms with Crippen molar-refractivity contribution >= 4 is 17.8 Å². The number of carbonyl (C=O) groups excluding carboxylic acids is 2. The number of benzene rings is 1. The second kappa shape index (κ2) is 10.7. The third-order valence-corrected chi connectivity index (χ3v) is 5.60. The Hall–Kier alpha value is -2.77. The van der Waals surface area contributed by atoms with E-state index in [1.807, 2.05) is 45.0 Å². The number of nitrogens with zero attached hydrogens (tertiary/aromatic N) is 2. The summed E-state index contributed by atoms with van der Waals surface area (Å²) in [6.45, 7) is 7.77. The van der Waals surface area contributed by atoms with Gasteiger partial charge in [-0.15, -0.1) is 0 Å². The first kappa shape index (κ1) is 23.9. The van der Waals surface area contributed by atoms with E-state index in [1.54, 1.807) is 4.90 Å². The largest absolute Gasteiger partial charge is 0.494 e. The van der Waals surface area contributed by atoms with Crippen LogP contribution in [0.4, 0.5) is 4.79 Å². The molecule has 0 saturated carbocycles. The highest BCUT2D eigenvalue weighted by Gasteiger charge is 2.27. The molecule has 2 aliphatic rings. The molecule has 1 unspecified atom stereocenters. The fourth-order valence-corrected chi connectivity index (χ4v) is 3.80. The first-order valence-corrected chi connectivity index (χ1v) is 11.2. The topological polar surface area (TPSA) is 86.7 Å². The quantitative estimate of drug-likeness (QED) is 0.585. The minimum absolute atomic E-state index is 0.196. The van der Waals surface area contributed by atoms with Crippen molar-refractivity contribution in [1.29, 1.82) is 0 Å². The van der Waals surface area contributed by atoms with Gasteiger partial charge in [0.05, 0.1) is 25.8 Å². The first-order chi connectivity index (χ1) is 15.2. The number of rotatable bonds is 7. The molecule has 2 heterocycles. The highest BCUT2D eigenvalue weighted by molar-refractivity contribution is 6.01. The van der Waals surface area contributed by atoms with E-state index in [-0.39, 0.29) is 24.6 Å². The maximum atomic E-state index is 12.2. The number of piperidine rings is 1. The molecule has 1 fully saturated rings. The number of oxime groups is 1. The van der Waals surface area contributed by atoms with E-state index in [0.29, 0.717) is 18.9 Å². The summed E-state index contributed by atoms with van der Waals surface area (Å²) in [5, 5.41) is 4.10. The Balaban J connectivity index is 1.36. The van der Waals surface area contributed by atoms with Crippen LogP contribution in [0.15, 0.2) is 29.4 Å². The summed E-state index contributed by atoms with van der Waals surface area (Å²) < 4.78 is 16.0. The number of hydrogen-bond acceptors (Lipinski definition) is 7. The van der Waals surface area contributed by atoms with Crippen molar-refractivity contribution in [2.75, 3.05) is 26.8 Å². The number of carbonyl (C=O) groups is 2. The molecule has 176 valence electrons. The molecule has 0 bridgehead atoms. The number of likely N-dealkylation sites (tertiary alicyclic amines) is 1. The van der Waals surface area contributed by atoms with Gasteiger partial charge in [0, 0.05) is 19.5 Å². The fraction of sp³-hybridized carbons (Fsp3) is 0.625. The van der Waals surface area contributed by atoms with Crippen molar-refractivity contribution in [2.45, 2.75) is 64.6 Å². The third kappa shape index (κ3) is 7.14. The summed E-state index contributed by atoms with van der Waals surface area (Å²) in [5.74, 6) is 1.06. The minimum atomic E-state index is -0.459. The van der Waals surface area contributed by atoms with Gasteiger partial charge in [-0.1, -0.05) is 5.16 Å². The highest BCUT2D eigenvalue weighted by Crippen LogP contribution is 2.24. The standard InChI is InChI=1S/C24H34N2O6/c1-24(2,3)31-23(28)26-12-9-17(10-13-26)11-14-30-19-7-5-18(6-8-19)21-15-20(32-25-21)16-22(27)29-4/h5-8,17,20H,9-16H2,1-4H3. The van der Waals surface area contributed by atoms with Gasteiger partial charge < -0.3 is 23.9 Å². The smallest absolute Gasteiger partial charge is 0.410 e. The van der Waals surface area contributed by atoms with Gasteiger partial charge in [-0.3, -0.25) is 4.79 Å². The van der Waals surface area contributed by atoms with Crippen molar-refractivity contribution in [3.05, 3.63) is 29.8 Å². The minimum Gasteiger partial charge on any atom is -0.494 e. The van der Waals surface area contributed by atoms with E-state index in [9.17, 15) is 9.59 Å². The van der Waals surface area contributed by atoms with Crippen LogP contribution >= 0.6 is 0 Å². The van der Waals surface area contributed by atoms with E-state index >= 15 is 0 Å². The molecule has 0 spiro atoms. The van der Waals surface area contributed by atoms with E-state index in [0.717, 1.165) is 49.4 Å². The fourth-order valence-electron chi connectivity index (χ4n) is 3.80. The van der Waals surface area contributed by atoms with Crippen LogP contribution in [0.5, 0.6) is 5.75 Å². The van der Waals surface area contributed by atoms with Crippen LogP contribution in [-0.2, 0) is 19.1 Å². The van der Waals surface area contributed by atoms with E-state index < -0.39 is 5.60 Å². The maximum Gasteiger partial charge on any atom is 0.410 e. The summed E-state index contributed by atoms with van der Waals surface area (Å²) in [4.78, 5) is 30.7. The third-order valence-electron chi connectivity index (χ3n) is 5.60. The lowest BCUT2D eigenvalue weighted by atomic mass is 9.94. The van der Waals surface area contributed by atoms with Crippen LogP contribution in [0.2, 0.25) is 0 Å². The van der Waals surface area contributed by atoms with E-state index in [2.05, 4.69) is 9.89 Å². The van der Waals surface area contributed by atoms with Crippen LogP contribution in [0.3, 0.4) is 0 Å². The molecule has 8 nitrogen and oxygen atoms in total. The summed E-state index contributed by atoms with van der Waals surface area (Å²) in [6, 6.07) is 7.77. The van der Waals surface area contributed by atoms with Gasteiger partial charge >= 0.3 is 12.1 Å². The molecule has 0 aromatic heterocycles. The predicted molar refractivity (Wildman–Crippen MR) is 120 cm³/mol. The maximum absolute atomic E-state index is 12.2. The van der Waals surface area contributed by atoms with Gasteiger partial charge in [-0.05, 0) is 75.8 Å². The van der Waals surface area contributed by atoms with Crippen molar-refractivity contribution in [1.82, 2.24) is 4.90 Å². The molecule has 1 aromatic rings. The van der Waals surface area contributed by atoms with Crippen LogP contribution in [0, 0.1) is 5.92 Å². The summed E-state index contributed by atoms with van der Waals surface area (Å²) in [6.07, 6.45) is 3.18. The Kier molecular flexibility index (Phi) is 7.99. The Bertz CT molecular complexity index is 807. The van der Waals surface area contributed by atoms with Gasteiger partial charge in [-0.2, -0.15) is 0 Å². The lowest BCUT2D eigenvalue weighted by molar-refractivity contribution is -0.143. The molecule has 0 radical (unpaired) electrons. The number of methoxy groups -OCH3 is 1. The first-order valence-electron chi connectivity index (χ1n) is 11.2. The molecule has 0 N–H and O–H groups in total. The van der Waals surface area contributed by atoms with Crippen molar-refractivity contribution in [3.8, 4) is 5.75 Å². The Labute approximate surface area is 189 Å². The number of esters is 1. The SMILES string of the molecule is COC(=O)CC1CC(c2ccc(OCCC3CCN(C(=O)OC(C)(C)C)CC3)cc2)=NO1. The van der Waals surface area contributed by atoms with Crippen LogP contribution in [0.25, 0.3) is 0 Å². The van der Waals surface area contributed by atoms with Crippen LogP contribution in [-0.4, -0.2) is 61.2 Å². The van der Waals surface area contributed by atoms with Crippen molar-refractivity contribution < 1.29 is 28.6 Å². The summed E-state index contributed by atoms with van der Waals surface area (Å²) in [5.41, 5.74) is 1.32. The molecule has 1 atom stereocenters. The molecule has 0 aliphatic carbocycles. The number of hydrogen-bond donors (Lipinski definition) is 0. The summed E-state index contributed by atoms with van der Waals surface area (Å²) >= 11 is 0. The lowest BCUT2D eigenvalue weighted by Crippen LogP contribution is -2.41. The van der Waals surface area contributed by atoms with Crippen LogP contribution in [0.1, 0.15) is 58.4 Å². The zero-order valence-corrected chi connectivity index (χ0v) is 19.5. The zero-order chi connectivity index (χ0) is 23.1. The second-order valence-electron chi connectivity index (χ2n) is 9.32. The normalized spacial score (nSPS) is 19.2. The number of ether oxygens (including phenoxy) is 3. The monoisotopic (exact) mass is 446 g/mol. The Morgan fingerprint density at radius 2 is 1.84 bits per heavy atom. The molecule has 32 heavy (non-hydrogen) atoms. The molecule has 2 aliphatic heterocycles. The lowest BCUT2D eigenvalue weighted by Gasteiger charge is -2.33. The van der Waals surface area contributed by atoms with Gasteiger partial charge in [0.1, 0.15) is 17.5 Å². The van der Waals surface area contributed by atoms with E-state index in [1.165, 1.54) is 7.11 Å². The van der Waals surface area contributed by atoms with Crippen molar-refractivity contribution in [2.24, 2.45) is 11.1 Å². The second-order valence-corrected chi connectivity index (χ2v) is 9.32. The predicted octanol–water partition coefficient (Wildman–Crippen LogP) is 4.16. The Morgan fingerprint density at radius 3 is 2.47 bits per heavy atom. The average molecular weight is 447 g/mol. The van der Waals surface area contributed by atoms with E-state index in [4.69, 9.17) is 14.3 Å². The molecule has 3 rings (SSSR count). The Morgan fingerprint density at radius 1 is 1.16 bits per heavy atom. The molecular weight excluding hydrogens is 412 g/mol. The van der Waals surface area contributed by atoms with Crippen molar-refractivity contribution in [3.63, 3.8) is 0 Å². The summed E-state index contributed by atoms with van der Waals surface area (Å²) in [7, 11) is 1.37. The molecule has 1 saturated heterocycles. The number of amides is 1. The molecule has 8 heteroatoms. The highest BCUT2D eigenvalue weighted by atomic mass is 16.6. The molecule has 1 aromatic carbocycles. The van der Waals surface area contributed by atoms with Gasteiger partial charge in [0.25, 0.3) is 0 Å². The van der Waals surface area contributed by atoms with Crippen LogP contribution < -0.4 is 4.74 Å². The molecule has 1 amide bonds. The average Bonchev–Trinajstić information content (AvgIpc) is 3.22. The zero-order valence-electron chi connectivity index (χ0n) is 19.5. The van der Waals surface area contributed by atoms with Gasteiger partial charge in [-0.25, -0.2) is 4.79 Å².